The van der Waals surface area contributed by atoms with E-state index in [9.17, 15) is 5.11 Å². The molecule has 1 saturated carbocycles. The van der Waals surface area contributed by atoms with Crippen LogP contribution in [0.4, 0.5) is 0 Å². The van der Waals surface area contributed by atoms with E-state index in [2.05, 4.69) is 20.4 Å². The van der Waals surface area contributed by atoms with Crippen LogP contribution in [0.2, 0.25) is 0 Å². The lowest BCUT2D eigenvalue weighted by molar-refractivity contribution is 0.00469. The highest BCUT2D eigenvalue weighted by atomic mass is 16.3. The number of aliphatic hydroxyl groups is 1. The lowest BCUT2D eigenvalue weighted by Gasteiger charge is -2.38. The van der Waals surface area contributed by atoms with E-state index in [4.69, 9.17) is 0 Å². The van der Waals surface area contributed by atoms with Gasteiger partial charge in [-0.3, -0.25) is 0 Å². The van der Waals surface area contributed by atoms with E-state index in [0.29, 0.717) is 11.8 Å². The normalized spacial score (nSPS) is 46.0. The van der Waals surface area contributed by atoms with E-state index in [-0.39, 0.29) is 0 Å². The first-order valence-corrected chi connectivity index (χ1v) is 4.33. The van der Waals surface area contributed by atoms with Crippen molar-refractivity contribution >= 4 is 0 Å². The van der Waals surface area contributed by atoms with Crippen LogP contribution in [0, 0.1) is 11.8 Å². The van der Waals surface area contributed by atoms with Gasteiger partial charge in [-0.05, 0) is 31.6 Å². The third-order valence-electron chi connectivity index (χ3n) is 2.76. The molecule has 1 rings (SSSR count). The first kappa shape index (κ1) is 8.79. The Hall–Kier alpha value is -0.300. The van der Waals surface area contributed by atoms with Crippen molar-refractivity contribution in [2.24, 2.45) is 11.8 Å². The Morgan fingerprint density at radius 1 is 1.36 bits per heavy atom. The zero-order chi connectivity index (χ0) is 8.65. The van der Waals surface area contributed by atoms with Crippen molar-refractivity contribution in [1.29, 1.82) is 0 Å². The molecule has 0 aliphatic heterocycles. The summed E-state index contributed by atoms with van der Waals surface area (Å²) in [6.07, 6.45) is 1.74. The molecule has 0 bridgehead atoms. The topological polar surface area (TPSA) is 20.2 Å². The maximum atomic E-state index is 9.79. The predicted molar refractivity (Wildman–Crippen MR) is 47.3 cm³/mol. The fraction of sp³-hybridized carbons (Fsp3) is 0.800. The predicted octanol–water partition coefficient (Wildman–Crippen LogP) is 2.36. The molecule has 1 N–H and O–H groups in total. The second kappa shape index (κ2) is 2.63. The summed E-state index contributed by atoms with van der Waals surface area (Å²) >= 11 is 0. The summed E-state index contributed by atoms with van der Waals surface area (Å²) in [5, 5.41) is 9.79. The monoisotopic (exact) mass is 154 g/mol. The molecule has 1 aliphatic rings. The highest BCUT2D eigenvalue weighted by Gasteiger charge is 2.33. The van der Waals surface area contributed by atoms with Crippen molar-refractivity contribution in [2.45, 2.75) is 39.2 Å². The van der Waals surface area contributed by atoms with Crippen LogP contribution in [0.1, 0.15) is 33.6 Å². The molecule has 0 saturated heterocycles. The van der Waals surface area contributed by atoms with Crippen LogP contribution in [-0.4, -0.2) is 10.7 Å². The van der Waals surface area contributed by atoms with E-state index >= 15 is 0 Å². The summed E-state index contributed by atoms with van der Waals surface area (Å²) in [7, 11) is 0. The van der Waals surface area contributed by atoms with Crippen molar-refractivity contribution < 1.29 is 5.11 Å². The second-order valence-electron chi connectivity index (χ2n) is 4.28. The largest absolute Gasteiger partial charge is 0.390 e. The Balaban J connectivity index is 2.70. The number of hydrogen-bond donors (Lipinski definition) is 1. The van der Waals surface area contributed by atoms with Gasteiger partial charge < -0.3 is 5.11 Å². The minimum Gasteiger partial charge on any atom is -0.390 e. The van der Waals surface area contributed by atoms with Gasteiger partial charge >= 0.3 is 0 Å². The molecule has 0 radical (unpaired) electrons. The van der Waals surface area contributed by atoms with Gasteiger partial charge in [-0.25, -0.2) is 0 Å². The molecule has 64 valence electrons. The molecule has 1 nitrogen and oxygen atoms in total. The Morgan fingerprint density at radius 3 is 2.09 bits per heavy atom. The summed E-state index contributed by atoms with van der Waals surface area (Å²) in [4.78, 5) is 0. The molecule has 0 aromatic carbocycles. The lowest BCUT2D eigenvalue weighted by atomic mass is 9.72. The summed E-state index contributed by atoms with van der Waals surface area (Å²) in [6.45, 7) is 10.2. The number of allylic oxidation sites excluding steroid dienone is 1. The van der Waals surface area contributed by atoms with Crippen molar-refractivity contribution in [2.75, 3.05) is 0 Å². The average molecular weight is 154 g/mol. The molecular formula is C10H18O. The maximum absolute atomic E-state index is 9.79. The summed E-state index contributed by atoms with van der Waals surface area (Å²) in [5.74, 6) is 0.961. The van der Waals surface area contributed by atoms with E-state index in [0.717, 1.165) is 12.8 Å². The molecule has 1 fully saturated rings. The molecule has 0 spiro atoms. The SMILES string of the molecule is C=C1C(C)CC(C)(O)CC1C. The summed E-state index contributed by atoms with van der Waals surface area (Å²) < 4.78 is 0. The molecule has 2 unspecified atom stereocenters. The van der Waals surface area contributed by atoms with E-state index in [1.54, 1.807) is 0 Å². The zero-order valence-corrected chi connectivity index (χ0v) is 7.72. The van der Waals surface area contributed by atoms with Crippen LogP contribution in [0.3, 0.4) is 0 Å². The first-order valence-electron chi connectivity index (χ1n) is 4.33. The van der Waals surface area contributed by atoms with Crippen molar-refractivity contribution in [3.05, 3.63) is 12.2 Å². The molecule has 0 aromatic rings. The van der Waals surface area contributed by atoms with Crippen LogP contribution in [0.15, 0.2) is 12.2 Å². The molecular weight excluding hydrogens is 136 g/mol. The van der Waals surface area contributed by atoms with Crippen LogP contribution in [0.25, 0.3) is 0 Å². The second-order valence-corrected chi connectivity index (χ2v) is 4.28. The molecule has 0 amide bonds. The van der Waals surface area contributed by atoms with Crippen molar-refractivity contribution in [1.82, 2.24) is 0 Å². The van der Waals surface area contributed by atoms with Gasteiger partial charge in [0.25, 0.3) is 0 Å². The standard InChI is InChI=1S/C10H18O/c1-7-5-10(4,11)6-8(2)9(7)3/h7-8,11H,3,5-6H2,1-2,4H3. The smallest absolute Gasteiger partial charge is 0.0631 e. The molecule has 1 aliphatic carbocycles. The van der Waals surface area contributed by atoms with Crippen LogP contribution >= 0.6 is 0 Å². The maximum Gasteiger partial charge on any atom is 0.0631 e. The number of hydrogen-bond acceptors (Lipinski definition) is 1. The number of rotatable bonds is 0. The molecule has 0 aromatic heterocycles. The minimum absolute atomic E-state index is 0.458. The Bertz CT molecular complexity index is 154. The highest BCUT2D eigenvalue weighted by Crippen LogP contribution is 2.38. The Kier molecular flexibility index (Phi) is 2.10. The van der Waals surface area contributed by atoms with E-state index in [1.807, 2.05) is 6.92 Å². The molecule has 0 heterocycles. The first-order chi connectivity index (χ1) is 4.92. The van der Waals surface area contributed by atoms with Crippen LogP contribution in [0.5, 0.6) is 0 Å². The van der Waals surface area contributed by atoms with Gasteiger partial charge in [0.15, 0.2) is 0 Å². The fourth-order valence-corrected chi connectivity index (χ4v) is 2.15. The van der Waals surface area contributed by atoms with Crippen LogP contribution in [-0.2, 0) is 0 Å². The molecule has 11 heavy (non-hydrogen) atoms. The van der Waals surface area contributed by atoms with Gasteiger partial charge in [0.05, 0.1) is 5.60 Å². The van der Waals surface area contributed by atoms with Gasteiger partial charge in [-0.2, -0.15) is 0 Å². The highest BCUT2D eigenvalue weighted by molar-refractivity contribution is 5.10. The van der Waals surface area contributed by atoms with Crippen molar-refractivity contribution in [3.8, 4) is 0 Å². The summed E-state index contributed by atoms with van der Waals surface area (Å²) in [5.41, 5.74) is 0.844. The Morgan fingerprint density at radius 2 is 1.73 bits per heavy atom. The van der Waals surface area contributed by atoms with Gasteiger partial charge in [0, 0.05) is 0 Å². The average Bonchev–Trinajstić information content (AvgIpc) is 1.81. The van der Waals surface area contributed by atoms with Gasteiger partial charge in [-0.15, -0.1) is 0 Å². The third-order valence-corrected chi connectivity index (χ3v) is 2.76. The van der Waals surface area contributed by atoms with Gasteiger partial charge in [0.1, 0.15) is 0 Å². The summed E-state index contributed by atoms with van der Waals surface area (Å²) in [6, 6.07) is 0. The third kappa shape index (κ3) is 1.84. The van der Waals surface area contributed by atoms with Crippen molar-refractivity contribution in [3.63, 3.8) is 0 Å². The van der Waals surface area contributed by atoms with Crippen LogP contribution < -0.4 is 0 Å². The zero-order valence-electron chi connectivity index (χ0n) is 7.72. The quantitative estimate of drug-likeness (QED) is 0.531. The van der Waals surface area contributed by atoms with E-state index < -0.39 is 5.60 Å². The van der Waals surface area contributed by atoms with E-state index in [1.165, 1.54) is 5.57 Å². The molecule has 2 atom stereocenters. The lowest BCUT2D eigenvalue weighted by Crippen LogP contribution is -2.35. The fourth-order valence-electron chi connectivity index (χ4n) is 2.15. The van der Waals surface area contributed by atoms with Gasteiger partial charge in [0.2, 0.25) is 0 Å². The minimum atomic E-state index is -0.458. The Labute approximate surface area is 69.1 Å². The molecule has 1 heteroatoms. The van der Waals surface area contributed by atoms with Gasteiger partial charge in [-0.1, -0.05) is 26.0 Å².